The van der Waals surface area contributed by atoms with E-state index in [9.17, 15) is 13.5 Å². The molecule has 6 nitrogen and oxygen atoms in total. The van der Waals surface area contributed by atoms with Crippen molar-refractivity contribution in [3.05, 3.63) is 60.6 Å². The van der Waals surface area contributed by atoms with E-state index in [1.165, 1.54) is 30.7 Å². The first-order chi connectivity index (χ1) is 11.0. The standard InChI is InChI=1S/C16H14N2O4S/c1-11-2-3-12(16-9-17-10-22-16)8-15(11)18-23(20,21)14-6-4-13(19)5-7-14/h2-10,18-19H,1H3. The summed E-state index contributed by atoms with van der Waals surface area (Å²) in [6.45, 7) is 1.80. The number of anilines is 1. The fourth-order valence-corrected chi connectivity index (χ4v) is 3.19. The van der Waals surface area contributed by atoms with Crippen molar-refractivity contribution >= 4 is 15.7 Å². The Morgan fingerprint density at radius 2 is 1.87 bits per heavy atom. The van der Waals surface area contributed by atoms with Gasteiger partial charge in [0.1, 0.15) is 5.75 Å². The molecule has 0 aliphatic heterocycles. The van der Waals surface area contributed by atoms with Crippen molar-refractivity contribution in [3.8, 4) is 17.1 Å². The molecular weight excluding hydrogens is 316 g/mol. The summed E-state index contributed by atoms with van der Waals surface area (Å²) in [6, 6.07) is 10.6. The van der Waals surface area contributed by atoms with Crippen LogP contribution < -0.4 is 4.72 Å². The number of nitrogens with zero attached hydrogens (tertiary/aromatic N) is 1. The van der Waals surface area contributed by atoms with Gasteiger partial charge in [-0.05, 0) is 42.8 Å². The van der Waals surface area contributed by atoms with E-state index in [0.29, 0.717) is 11.4 Å². The zero-order chi connectivity index (χ0) is 16.4. The summed E-state index contributed by atoms with van der Waals surface area (Å²) in [5.74, 6) is 0.558. The minimum absolute atomic E-state index is 0.00690. The van der Waals surface area contributed by atoms with Crippen molar-refractivity contribution in [3.63, 3.8) is 0 Å². The summed E-state index contributed by atoms with van der Waals surface area (Å²) in [6.07, 6.45) is 2.87. The van der Waals surface area contributed by atoms with Crippen LogP contribution in [0.5, 0.6) is 5.75 Å². The Morgan fingerprint density at radius 1 is 1.13 bits per heavy atom. The SMILES string of the molecule is Cc1ccc(-c2cnco2)cc1NS(=O)(=O)c1ccc(O)cc1. The molecule has 0 atom stereocenters. The van der Waals surface area contributed by atoms with E-state index in [-0.39, 0.29) is 10.6 Å². The average molecular weight is 330 g/mol. The first kappa shape index (κ1) is 15.1. The highest BCUT2D eigenvalue weighted by Gasteiger charge is 2.16. The Hall–Kier alpha value is -2.80. The quantitative estimate of drug-likeness (QED) is 0.766. The van der Waals surface area contributed by atoms with Gasteiger partial charge in [0.25, 0.3) is 10.0 Å². The van der Waals surface area contributed by atoms with Crippen molar-refractivity contribution in [2.75, 3.05) is 4.72 Å². The molecule has 3 aromatic rings. The minimum Gasteiger partial charge on any atom is -0.508 e. The predicted molar refractivity (Wildman–Crippen MR) is 85.6 cm³/mol. The van der Waals surface area contributed by atoms with Gasteiger partial charge >= 0.3 is 0 Å². The van der Waals surface area contributed by atoms with Crippen LogP contribution in [0.4, 0.5) is 5.69 Å². The molecule has 0 aliphatic rings. The van der Waals surface area contributed by atoms with E-state index in [1.54, 1.807) is 25.3 Å². The monoisotopic (exact) mass is 330 g/mol. The summed E-state index contributed by atoms with van der Waals surface area (Å²) < 4.78 is 32.6. The van der Waals surface area contributed by atoms with Crippen molar-refractivity contribution in [1.29, 1.82) is 0 Å². The van der Waals surface area contributed by atoms with Gasteiger partial charge in [0, 0.05) is 5.56 Å². The van der Waals surface area contributed by atoms with E-state index >= 15 is 0 Å². The van der Waals surface area contributed by atoms with E-state index in [4.69, 9.17) is 4.42 Å². The molecule has 23 heavy (non-hydrogen) atoms. The van der Waals surface area contributed by atoms with E-state index in [0.717, 1.165) is 11.1 Å². The fraction of sp³-hybridized carbons (Fsp3) is 0.0625. The van der Waals surface area contributed by atoms with Gasteiger partial charge in [0.15, 0.2) is 12.2 Å². The lowest BCUT2D eigenvalue weighted by atomic mass is 10.1. The first-order valence-electron chi connectivity index (χ1n) is 6.77. The molecule has 0 spiro atoms. The summed E-state index contributed by atoms with van der Waals surface area (Å²) in [5.41, 5.74) is 1.94. The molecular formula is C16H14N2O4S. The average Bonchev–Trinajstić information content (AvgIpc) is 3.04. The van der Waals surface area contributed by atoms with Gasteiger partial charge in [-0.15, -0.1) is 0 Å². The summed E-state index contributed by atoms with van der Waals surface area (Å²) >= 11 is 0. The summed E-state index contributed by atoms with van der Waals surface area (Å²) in [7, 11) is -3.75. The number of nitrogens with one attached hydrogen (secondary N) is 1. The van der Waals surface area contributed by atoms with Gasteiger partial charge in [-0.3, -0.25) is 4.72 Å². The second kappa shape index (κ2) is 5.77. The number of phenols is 1. The van der Waals surface area contributed by atoms with Gasteiger partial charge in [-0.25, -0.2) is 13.4 Å². The highest BCUT2D eigenvalue weighted by molar-refractivity contribution is 7.92. The number of hydrogen-bond acceptors (Lipinski definition) is 5. The normalized spacial score (nSPS) is 11.3. The maximum absolute atomic E-state index is 12.4. The lowest BCUT2D eigenvalue weighted by Crippen LogP contribution is -2.13. The van der Waals surface area contributed by atoms with Crippen molar-refractivity contribution < 1.29 is 17.9 Å². The van der Waals surface area contributed by atoms with Gasteiger partial charge < -0.3 is 9.52 Å². The van der Waals surface area contributed by atoms with Crippen molar-refractivity contribution in [2.24, 2.45) is 0 Å². The number of aryl methyl sites for hydroxylation is 1. The number of rotatable bonds is 4. The highest BCUT2D eigenvalue weighted by Crippen LogP contribution is 2.27. The van der Waals surface area contributed by atoms with Crippen LogP contribution >= 0.6 is 0 Å². The zero-order valence-corrected chi connectivity index (χ0v) is 13.0. The predicted octanol–water partition coefficient (Wildman–Crippen LogP) is 3.16. The molecule has 0 unspecified atom stereocenters. The molecule has 118 valence electrons. The zero-order valence-electron chi connectivity index (χ0n) is 12.2. The molecule has 2 aromatic carbocycles. The fourth-order valence-electron chi connectivity index (χ4n) is 2.07. The number of phenolic OH excluding ortho intramolecular Hbond substituents is 1. The molecule has 0 fully saturated rings. The maximum Gasteiger partial charge on any atom is 0.261 e. The van der Waals surface area contributed by atoms with Crippen LogP contribution in [0.2, 0.25) is 0 Å². The van der Waals surface area contributed by atoms with Gasteiger partial charge in [0.05, 0.1) is 16.8 Å². The van der Waals surface area contributed by atoms with Gasteiger partial charge in [-0.1, -0.05) is 12.1 Å². The van der Waals surface area contributed by atoms with E-state index < -0.39 is 10.0 Å². The van der Waals surface area contributed by atoms with Crippen LogP contribution in [0.15, 0.2) is 64.4 Å². The summed E-state index contributed by atoms with van der Waals surface area (Å²) in [5, 5.41) is 9.27. The van der Waals surface area contributed by atoms with Crippen LogP contribution in [-0.2, 0) is 10.0 Å². The van der Waals surface area contributed by atoms with Gasteiger partial charge in [0.2, 0.25) is 0 Å². The lowest BCUT2D eigenvalue weighted by Gasteiger charge is -2.11. The third-order valence-electron chi connectivity index (χ3n) is 3.35. The molecule has 0 saturated carbocycles. The maximum atomic E-state index is 12.4. The van der Waals surface area contributed by atoms with Crippen LogP contribution in [0.3, 0.4) is 0 Å². The van der Waals surface area contributed by atoms with Crippen molar-refractivity contribution in [2.45, 2.75) is 11.8 Å². The smallest absolute Gasteiger partial charge is 0.261 e. The second-order valence-corrected chi connectivity index (χ2v) is 6.68. The topological polar surface area (TPSA) is 92.4 Å². The Kier molecular flexibility index (Phi) is 3.79. The number of aromatic hydroxyl groups is 1. The second-order valence-electron chi connectivity index (χ2n) is 4.99. The lowest BCUT2D eigenvalue weighted by molar-refractivity contribution is 0.475. The molecule has 0 aliphatic carbocycles. The van der Waals surface area contributed by atoms with Crippen LogP contribution in [-0.4, -0.2) is 18.5 Å². The van der Waals surface area contributed by atoms with Crippen LogP contribution in [0.25, 0.3) is 11.3 Å². The third-order valence-corrected chi connectivity index (χ3v) is 4.73. The minimum atomic E-state index is -3.75. The molecule has 1 heterocycles. The highest BCUT2D eigenvalue weighted by atomic mass is 32.2. The number of benzene rings is 2. The van der Waals surface area contributed by atoms with Gasteiger partial charge in [-0.2, -0.15) is 0 Å². The van der Waals surface area contributed by atoms with E-state index in [1.807, 2.05) is 6.07 Å². The number of hydrogen-bond donors (Lipinski definition) is 2. The van der Waals surface area contributed by atoms with Crippen LogP contribution in [0, 0.1) is 6.92 Å². The van der Waals surface area contributed by atoms with E-state index in [2.05, 4.69) is 9.71 Å². The molecule has 3 rings (SSSR count). The largest absolute Gasteiger partial charge is 0.508 e. The summed E-state index contributed by atoms with van der Waals surface area (Å²) in [4.78, 5) is 3.92. The number of sulfonamides is 1. The molecule has 0 bridgehead atoms. The molecule has 2 N–H and O–H groups in total. The Balaban J connectivity index is 1.96. The molecule has 7 heteroatoms. The molecule has 0 radical (unpaired) electrons. The Morgan fingerprint density at radius 3 is 2.52 bits per heavy atom. The Labute approximate surface area is 133 Å². The number of oxazole rings is 1. The molecule has 0 amide bonds. The van der Waals surface area contributed by atoms with Crippen LogP contribution in [0.1, 0.15) is 5.56 Å². The third kappa shape index (κ3) is 3.19. The first-order valence-corrected chi connectivity index (χ1v) is 8.25. The molecule has 0 saturated heterocycles. The van der Waals surface area contributed by atoms with Crippen molar-refractivity contribution in [1.82, 2.24) is 4.98 Å². The molecule has 1 aromatic heterocycles. The number of aromatic nitrogens is 1. The Bertz CT molecular complexity index is 917.